The third-order valence-corrected chi connectivity index (χ3v) is 4.50. The minimum absolute atomic E-state index is 0.175. The van der Waals surface area contributed by atoms with Gasteiger partial charge in [0.25, 0.3) is 0 Å². The molecule has 0 amide bonds. The molecule has 1 aliphatic rings. The molecule has 3 aromatic rings. The molecule has 0 saturated carbocycles. The Morgan fingerprint density at radius 1 is 1.17 bits per heavy atom. The maximum atomic E-state index is 14.5. The molecule has 1 N–H and O–H groups in total. The van der Waals surface area contributed by atoms with Crippen molar-refractivity contribution < 1.29 is 4.39 Å². The minimum atomic E-state index is -0.250. The second-order valence-corrected chi connectivity index (χ2v) is 5.93. The fraction of sp³-hybridized carbons (Fsp3) is 0.222. The number of aromatic amines is 1. The van der Waals surface area contributed by atoms with Crippen LogP contribution in [-0.4, -0.2) is 23.1 Å². The highest BCUT2D eigenvalue weighted by molar-refractivity contribution is 5.82. The summed E-state index contributed by atoms with van der Waals surface area (Å²) in [5.41, 5.74) is 2.28. The Balaban J connectivity index is 1.67. The molecule has 1 unspecified atom stereocenters. The van der Waals surface area contributed by atoms with Crippen LogP contribution in [0.25, 0.3) is 10.9 Å². The van der Waals surface area contributed by atoms with Crippen LogP contribution in [0, 0.1) is 5.82 Å². The summed E-state index contributed by atoms with van der Waals surface area (Å²) in [5, 5.41) is 0.704. The Morgan fingerprint density at radius 3 is 2.83 bits per heavy atom. The Labute approximate surface area is 132 Å². The van der Waals surface area contributed by atoms with E-state index in [-0.39, 0.29) is 11.4 Å². The number of hydrogen-bond acceptors (Lipinski definition) is 3. The lowest BCUT2D eigenvalue weighted by atomic mass is 10.00. The summed E-state index contributed by atoms with van der Waals surface area (Å²) >= 11 is 0. The summed E-state index contributed by atoms with van der Waals surface area (Å²) in [6.45, 7) is 1.57. The van der Waals surface area contributed by atoms with Crippen LogP contribution in [0.3, 0.4) is 0 Å². The van der Waals surface area contributed by atoms with Gasteiger partial charge >= 0.3 is 0 Å². The van der Waals surface area contributed by atoms with E-state index in [0.717, 1.165) is 19.5 Å². The molecule has 1 aliphatic heterocycles. The molecular weight excluding hydrogens is 293 g/mol. The lowest BCUT2D eigenvalue weighted by molar-refractivity contribution is 0.624. The summed E-state index contributed by atoms with van der Waals surface area (Å²) in [7, 11) is 0. The maximum Gasteiger partial charge on any atom is 0.248 e. The van der Waals surface area contributed by atoms with Gasteiger partial charge in [-0.3, -0.25) is 9.78 Å². The summed E-state index contributed by atoms with van der Waals surface area (Å²) in [5.74, 6) is 0.128. The molecule has 5 heteroatoms. The number of halogens is 1. The van der Waals surface area contributed by atoms with Crippen molar-refractivity contribution in [2.75, 3.05) is 18.0 Å². The first-order valence-electron chi connectivity index (χ1n) is 7.68. The second kappa shape index (κ2) is 5.50. The van der Waals surface area contributed by atoms with E-state index in [0.29, 0.717) is 22.5 Å². The van der Waals surface area contributed by atoms with Crippen molar-refractivity contribution in [3.05, 3.63) is 70.5 Å². The van der Waals surface area contributed by atoms with Gasteiger partial charge in [0.1, 0.15) is 5.82 Å². The highest BCUT2D eigenvalue weighted by atomic mass is 19.1. The number of anilines is 1. The van der Waals surface area contributed by atoms with Crippen LogP contribution in [0.4, 0.5) is 10.1 Å². The smallest absolute Gasteiger partial charge is 0.248 e. The van der Waals surface area contributed by atoms with Crippen molar-refractivity contribution in [1.29, 1.82) is 0 Å². The molecule has 0 aliphatic carbocycles. The first-order valence-corrected chi connectivity index (χ1v) is 7.68. The Kier molecular flexibility index (Phi) is 3.33. The number of H-pyrrole nitrogens is 1. The van der Waals surface area contributed by atoms with E-state index in [1.165, 1.54) is 17.7 Å². The van der Waals surface area contributed by atoms with Crippen LogP contribution in [0.15, 0.2) is 53.6 Å². The van der Waals surface area contributed by atoms with Crippen molar-refractivity contribution in [2.45, 2.75) is 12.3 Å². The molecule has 3 heterocycles. The lowest BCUT2D eigenvalue weighted by Gasteiger charge is -2.20. The third kappa shape index (κ3) is 2.59. The van der Waals surface area contributed by atoms with E-state index in [1.54, 1.807) is 24.5 Å². The molecule has 1 fully saturated rings. The van der Waals surface area contributed by atoms with Gasteiger partial charge in [0.2, 0.25) is 5.56 Å². The van der Waals surface area contributed by atoms with Gasteiger partial charge in [0.15, 0.2) is 0 Å². The predicted molar refractivity (Wildman–Crippen MR) is 88.3 cm³/mol. The number of benzene rings is 1. The van der Waals surface area contributed by atoms with Gasteiger partial charge in [0, 0.05) is 42.9 Å². The zero-order valence-corrected chi connectivity index (χ0v) is 12.5. The van der Waals surface area contributed by atoms with Crippen molar-refractivity contribution >= 4 is 16.6 Å². The van der Waals surface area contributed by atoms with E-state index in [2.05, 4.69) is 9.97 Å². The molecule has 0 bridgehead atoms. The van der Waals surface area contributed by atoms with Crippen LogP contribution in [-0.2, 0) is 0 Å². The molecule has 1 aromatic carbocycles. The minimum Gasteiger partial charge on any atom is -0.368 e. The highest BCUT2D eigenvalue weighted by Crippen LogP contribution is 2.33. The molecule has 4 rings (SSSR count). The molecule has 0 radical (unpaired) electrons. The summed E-state index contributed by atoms with van der Waals surface area (Å²) in [6, 6.07) is 10.3. The number of rotatable bonds is 2. The fourth-order valence-corrected chi connectivity index (χ4v) is 3.29. The van der Waals surface area contributed by atoms with Crippen LogP contribution in [0.1, 0.15) is 17.9 Å². The number of nitrogens with one attached hydrogen (secondary N) is 1. The van der Waals surface area contributed by atoms with Crippen molar-refractivity contribution in [2.24, 2.45) is 0 Å². The first kappa shape index (κ1) is 13.9. The molecule has 1 atom stereocenters. The van der Waals surface area contributed by atoms with Gasteiger partial charge < -0.3 is 9.88 Å². The number of hydrogen-bond donors (Lipinski definition) is 1. The summed E-state index contributed by atoms with van der Waals surface area (Å²) in [6.07, 6.45) is 4.56. The zero-order valence-electron chi connectivity index (χ0n) is 12.5. The maximum absolute atomic E-state index is 14.5. The third-order valence-electron chi connectivity index (χ3n) is 4.50. The molecule has 116 valence electrons. The van der Waals surface area contributed by atoms with Crippen molar-refractivity contribution in [3.63, 3.8) is 0 Å². The monoisotopic (exact) mass is 309 g/mol. The van der Waals surface area contributed by atoms with Gasteiger partial charge in [-0.1, -0.05) is 0 Å². The summed E-state index contributed by atoms with van der Waals surface area (Å²) in [4.78, 5) is 20.3. The van der Waals surface area contributed by atoms with Crippen LogP contribution in [0.2, 0.25) is 0 Å². The summed E-state index contributed by atoms with van der Waals surface area (Å²) < 4.78 is 14.5. The van der Waals surface area contributed by atoms with E-state index in [1.807, 2.05) is 17.0 Å². The molecular formula is C18H16FN3O. The largest absolute Gasteiger partial charge is 0.368 e. The van der Waals surface area contributed by atoms with Crippen molar-refractivity contribution in [3.8, 4) is 0 Å². The first-order chi connectivity index (χ1) is 11.2. The van der Waals surface area contributed by atoms with Crippen LogP contribution < -0.4 is 10.5 Å². The molecule has 4 nitrogen and oxygen atoms in total. The van der Waals surface area contributed by atoms with Gasteiger partial charge in [-0.05, 0) is 42.3 Å². The van der Waals surface area contributed by atoms with Crippen LogP contribution >= 0.6 is 0 Å². The average molecular weight is 309 g/mol. The number of aromatic nitrogens is 2. The average Bonchev–Trinajstić information content (AvgIpc) is 3.05. The van der Waals surface area contributed by atoms with E-state index in [4.69, 9.17) is 0 Å². The Hall–Kier alpha value is -2.69. The van der Waals surface area contributed by atoms with Gasteiger partial charge in [-0.25, -0.2) is 4.39 Å². The Morgan fingerprint density at radius 2 is 2.00 bits per heavy atom. The molecule has 0 spiro atoms. The SMILES string of the molecule is O=c1ccc2cc(F)c(N3CCC(c4ccncc4)C3)cc2[nH]1. The van der Waals surface area contributed by atoms with E-state index in [9.17, 15) is 9.18 Å². The van der Waals surface area contributed by atoms with Crippen LogP contribution in [0.5, 0.6) is 0 Å². The van der Waals surface area contributed by atoms with Gasteiger partial charge in [0.05, 0.1) is 11.2 Å². The molecule has 1 saturated heterocycles. The van der Waals surface area contributed by atoms with E-state index < -0.39 is 0 Å². The molecule has 23 heavy (non-hydrogen) atoms. The zero-order chi connectivity index (χ0) is 15.8. The lowest BCUT2D eigenvalue weighted by Crippen LogP contribution is -2.20. The topological polar surface area (TPSA) is 49.0 Å². The van der Waals surface area contributed by atoms with Gasteiger partial charge in [-0.15, -0.1) is 0 Å². The second-order valence-electron chi connectivity index (χ2n) is 5.93. The van der Waals surface area contributed by atoms with E-state index >= 15 is 0 Å². The molecule has 2 aromatic heterocycles. The Bertz CT molecular complexity index is 907. The normalized spacial score (nSPS) is 17.8. The standard InChI is InChI=1S/C18H16FN3O/c19-15-9-13-1-2-18(23)21-16(13)10-17(15)22-8-5-14(11-22)12-3-6-20-7-4-12/h1-4,6-7,9-10,14H,5,8,11H2,(H,21,23). The number of fused-ring (bicyclic) bond motifs is 1. The van der Waals surface area contributed by atoms with Crippen molar-refractivity contribution in [1.82, 2.24) is 9.97 Å². The fourth-order valence-electron chi connectivity index (χ4n) is 3.29. The van der Waals surface area contributed by atoms with Gasteiger partial charge in [-0.2, -0.15) is 0 Å². The quantitative estimate of drug-likeness (QED) is 0.791. The highest BCUT2D eigenvalue weighted by Gasteiger charge is 2.26. The number of nitrogens with zero attached hydrogens (tertiary/aromatic N) is 2. The number of pyridine rings is 2. The predicted octanol–water partition coefficient (Wildman–Crippen LogP) is 3.06.